The van der Waals surface area contributed by atoms with Gasteiger partial charge in [-0.2, -0.15) is 0 Å². The first kappa shape index (κ1) is 14.9. The van der Waals surface area contributed by atoms with Crippen LogP contribution >= 0.6 is 39.5 Å². The number of carbonyl (C=O) groups excluding carboxylic acids is 1. The van der Waals surface area contributed by atoms with Crippen LogP contribution in [-0.2, 0) is 0 Å². The third-order valence-corrected chi connectivity index (χ3v) is 6.00. The third kappa shape index (κ3) is 3.17. The maximum absolute atomic E-state index is 12.3. The SMILES string of the molecule is CC1CCC(NC(=O)c2sccc2Br)(C(N)=S)CC1. The van der Waals surface area contributed by atoms with Crippen LogP contribution in [0, 0.1) is 5.92 Å². The Balaban J connectivity index is 2.16. The summed E-state index contributed by atoms with van der Waals surface area (Å²) in [6.45, 7) is 2.22. The zero-order chi connectivity index (χ0) is 14.0. The molecule has 1 amide bonds. The molecule has 1 aromatic rings. The summed E-state index contributed by atoms with van der Waals surface area (Å²) in [5.41, 5.74) is 5.38. The first-order valence-electron chi connectivity index (χ1n) is 6.30. The van der Waals surface area contributed by atoms with Gasteiger partial charge in [0.15, 0.2) is 0 Å². The number of hydrogen-bond acceptors (Lipinski definition) is 3. The van der Waals surface area contributed by atoms with Gasteiger partial charge in [0, 0.05) is 4.47 Å². The number of rotatable bonds is 3. The van der Waals surface area contributed by atoms with Gasteiger partial charge < -0.3 is 11.1 Å². The predicted octanol–water partition coefficient (Wildman–Crippen LogP) is 3.48. The van der Waals surface area contributed by atoms with Crippen molar-refractivity contribution in [2.24, 2.45) is 11.7 Å². The molecule has 0 aromatic carbocycles. The van der Waals surface area contributed by atoms with E-state index in [-0.39, 0.29) is 5.91 Å². The molecular formula is C13H17BrN2OS2. The fraction of sp³-hybridized carbons (Fsp3) is 0.538. The van der Waals surface area contributed by atoms with E-state index in [0.717, 1.165) is 30.2 Å². The lowest BCUT2D eigenvalue weighted by Crippen LogP contribution is -2.58. The Bertz CT molecular complexity index is 493. The standard InChI is InChI=1S/C13H17BrN2OS2/c1-8-2-5-13(6-3-8,12(15)18)16-11(17)10-9(14)4-7-19-10/h4,7-8H,2-3,5-6H2,1H3,(H2,15,18)(H,16,17). The van der Waals surface area contributed by atoms with Gasteiger partial charge >= 0.3 is 0 Å². The Labute approximate surface area is 131 Å². The Morgan fingerprint density at radius 2 is 2.21 bits per heavy atom. The number of halogens is 1. The van der Waals surface area contributed by atoms with Crippen LogP contribution in [0.3, 0.4) is 0 Å². The molecule has 0 unspecified atom stereocenters. The molecule has 1 aliphatic rings. The average molecular weight is 361 g/mol. The lowest BCUT2D eigenvalue weighted by Gasteiger charge is -2.39. The van der Waals surface area contributed by atoms with Crippen molar-refractivity contribution in [2.45, 2.75) is 38.1 Å². The van der Waals surface area contributed by atoms with E-state index in [1.807, 2.05) is 11.4 Å². The topological polar surface area (TPSA) is 55.1 Å². The third-order valence-electron chi connectivity index (χ3n) is 3.78. The quantitative estimate of drug-likeness (QED) is 0.811. The highest BCUT2D eigenvalue weighted by atomic mass is 79.9. The van der Waals surface area contributed by atoms with Gasteiger partial charge in [0.2, 0.25) is 0 Å². The Hall–Kier alpha value is -0.460. The highest BCUT2D eigenvalue weighted by Gasteiger charge is 2.38. The maximum atomic E-state index is 12.3. The molecule has 19 heavy (non-hydrogen) atoms. The molecular weight excluding hydrogens is 344 g/mol. The second kappa shape index (κ2) is 5.89. The van der Waals surface area contributed by atoms with Crippen molar-refractivity contribution in [1.29, 1.82) is 0 Å². The van der Waals surface area contributed by atoms with Crippen LogP contribution in [0.2, 0.25) is 0 Å². The highest BCUT2D eigenvalue weighted by Crippen LogP contribution is 2.33. The summed E-state index contributed by atoms with van der Waals surface area (Å²) in [7, 11) is 0. The smallest absolute Gasteiger partial charge is 0.263 e. The van der Waals surface area contributed by atoms with Crippen molar-refractivity contribution < 1.29 is 4.79 Å². The van der Waals surface area contributed by atoms with Gasteiger partial charge in [-0.25, -0.2) is 0 Å². The fourth-order valence-corrected chi connectivity index (χ4v) is 4.12. The molecule has 1 heterocycles. The van der Waals surface area contributed by atoms with Crippen molar-refractivity contribution in [2.75, 3.05) is 0 Å². The zero-order valence-corrected chi connectivity index (χ0v) is 14.0. The van der Waals surface area contributed by atoms with Crippen molar-refractivity contribution in [1.82, 2.24) is 5.32 Å². The molecule has 0 bridgehead atoms. The van der Waals surface area contributed by atoms with Gasteiger partial charge in [-0.1, -0.05) is 19.1 Å². The van der Waals surface area contributed by atoms with E-state index in [9.17, 15) is 4.79 Å². The Kier molecular flexibility index (Phi) is 4.63. The minimum Gasteiger partial charge on any atom is -0.391 e. The number of hydrogen-bond donors (Lipinski definition) is 2. The van der Waals surface area contributed by atoms with Crippen LogP contribution in [0.1, 0.15) is 42.3 Å². The molecule has 104 valence electrons. The van der Waals surface area contributed by atoms with E-state index in [4.69, 9.17) is 18.0 Å². The first-order chi connectivity index (χ1) is 8.94. The van der Waals surface area contributed by atoms with Crippen molar-refractivity contribution in [3.05, 3.63) is 20.8 Å². The zero-order valence-electron chi connectivity index (χ0n) is 10.7. The van der Waals surface area contributed by atoms with Gasteiger partial charge in [-0.3, -0.25) is 4.79 Å². The molecule has 2 rings (SSSR count). The predicted molar refractivity (Wildman–Crippen MR) is 86.6 cm³/mol. The molecule has 6 heteroatoms. The molecule has 1 aliphatic carbocycles. The van der Waals surface area contributed by atoms with Crippen LogP contribution < -0.4 is 11.1 Å². The minimum absolute atomic E-state index is 0.0933. The summed E-state index contributed by atoms with van der Waals surface area (Å²) in [6, 6.07) is 1.87. The van der Waals surface area contributed by atoms with Crippen LogP contribution in [-0.4, -0.2) is 16.4 Å². The number of nitrogens with two attached hydrogens (primary N) is 1. The summed E-state index contributed by atoms with van der Waals surface area (Å²) in [5.74, 6) is 0.581. The molecule has 0 radical (unpaired) electrons. The summed E-state index contributed by atoms with van der Waals surface area (Å²) in [4.78, 5) is 13.4. The van der Waals surface area contributed by atoms with E-state index in [0.29, 0.717) is 15.8 Å². The Morgan fingerprint density at radius 1 is 1.58 bits per heavy atom. The molecule has 0 saturated heterocycles. The van der Waals surface area contributed by atoms with Crippen molar-refractivity contribution in [3.63, 3.8) is 0 Å². The molecule has 1 saturated carbocycles. The fourth-order valence-electron chi connectivity index (χ4n) is 2.42. The molecule has 0 atom stereocenters. The number of carbonyl (C=O) groups is 1. The first-order valence-corrected chi connectivity index (χ1v) is 8.38. The van der Waals surface area contributed by atoms with E-state index in [2.05, 4.69) is 28.2 Å². The van der Waals surface area contributed by atoms with E-state index in [1.165, 1.54) is 11.3 Å². The van der Waals surface area contributed by atoms with Crippen LogP contribution in [0.5, 0.6) is 0 Å². The lowest BCUT2D eigenvalue weighted by molar-refractivity contribution is 0.0904. The lowest BCUT2D eigenvalue weighted by atomic mass is 9.77. The Morgan fingerprint density at radius 3 is 2.68 bits per heavy atom. The second-order valence-electron chi connectivity index (χ2n) is 5.18. The van der Waals surface area contributed by atoms with Gasteiger partial charge in [0.1, 0.15) is 4.88 Å². The summed E-state index contributed by atoms with van der Waals surface area (Å²) >= 11 is 10.00. The molecule has 1 fully saturated rings. The van der Waals surface area contributed by atoms with E-state index in [1.54, 1.807) is 0 Å². The van der Waals surface area contributed by atoms with Crippen molar-refractivity contribution >= 4 is 50.4 Å². The van der Waals surface area contributed by atoms with Crippen molar-refractivity contribution in [3.8, 4) is 0 Å². The monoisotopic (exact) mass is 360 g/mol. The minimum atomic E-state index is -0.512. The maximum Gasteiger partial charge on any atom is 0.263 e. The van der Waals surface area contributed by atoms with Crippen LogP contribution in [0.4, 0.5) is 0 Å². The average Bonchev–Trinajstić information content (AvgIpc) is 2.78. The second-order valence-corrected chi connectivity index (χ2v) is 7.39. The van der Waals surface area contributed by atoms with Gasteiger partial charge in [-0.05, 0) is 59.0 Å². The van der Waals surface area contributed by atoms with Gasteiger partial charge in [-0.15, -0.1) is 11.3 Å². The molecule has 3 N–H and O–H groups in total. The van der Waals surface area contributed by atoms with Gasteiger partial charge in [0.05, 0.1) is 10.5 Å². The molecule has 1 aromatic heterocycles. The number of thiocarbonyl (C=S) groups is 1. The number of amides is 1. The number of nitrogens with one attached hydrogen (secondary N) is 1. The molecule has 0 aliphatic heterocycles. The summed E-state index contributed by atoms with van der Waals surface area (Å²) < 4.78 is 0.817. The summed E-state index contributed by atoms with van der Waals surface area (Å²) in [5, 5.41) is 4.96. The summed E-state index contributed by atoms with van der Waals surface area (Å²) in [6.07, 6.45) is 3.75. The molecule has 0 spiro atoms. The largest absolute Gasteiger partial charge is 0.391 e. The van der Waals surface area contributed by atoms with Crippen LogP contribution in [0.25, 0.3) is 0 Å². The van der Waals surface area contributed by atoms with E-state index >= 15 is 0 Å². The highest BCUT2D eigenvalue weighted by molar-refractivity contribution is 9.10. The number of thiophene rings is 1. The van der Waals surface area contributed by atoms with Gasteiger partial charge in [0.25, 0.3) is 5.91 Å². The normalized spacial score (nSPS) is 26.9. The molecule has 3 nitrogen and oxygen atoms in total. The van der Waals surface area contributed by atoms with E-state index < -0.39 is 5.54 Å². The van der Waals surface area contributed by atoms with Crippen LogP contribution in [0.15, 0.2) is 15.9 Å².